The summed E-state index contributed by atoms with van der Waals surface area (Å²) in [4.78, 5) is 24.6. The number of nitrogens with zero attached hydrogens (tertiary/aromatic N) is 3. The van der Waals surface area contributed by atoms with Gasteiger partial charge in [-0.15, -0.1) is 10.2 Å². The van der Waals surface area contributed by atoms with E-state index in [1.165, 1.54) is 16.7 Å². The highest BCUT2D eigenvalue weighted by Crippen LogP contribution is 2.24. The van der Waals surface area contributed by atoms with Crippen LogP contribution in [0.2, 0.25) is 0 Å². The first-order valence-corrected chi connectivity index (χ1v) is 7.96. The third kappa shape index (κ3) is 3.41. The van der Waals surface area contributed by atoms with Crippen molar-refractivity contribution < 1.29 is 14.0 Å². The molecule has 1 aromatic heterocycles. The third-order valence-corrected chi connectivity index (χ3v) is 3.92. The molecule has 0 saturated carbocycles. The Morgan fingerprint density at radius 3 is 3.00 bits per heavy atom. The molecule has 0 bridgehead atoms. The van der Waals surface area contributed by atoms with Crippen molar-refractivity contribution in [3.8, 4) is 0 Å². The van der Waals surface area contributed by atoms with E-state index in [1.807, 2.05) is 6.26 Å². The van der Waals surface area contributed by atoms with Crippen molar-refractivity contribution in [2.45, 2.75) is 23.1 Å². The molecule has 2 rings (SSSR count). The molecule has 1 fully saturated rings. The molecule has 2 heterocycles. The smallest absolute Gasteiger partial charge is 0.324 e. The molecule has 104 valence electrons. The van der Waals surface area contributed by atoms with E-state index in [0.29, 0.717) is 30.0 Å². The number of carbonyl (C=O) groups is 2. The molecule has 1 aromatic rings. The normalized spacial score (nSPS) is 16.5. The lowest BCUT2D eigenvalue weighted by atomic mass is 10.4. The lowest BCUT2D eigenvalue weighted by Gasteiger charge is -2.15. The van der Waals surface area contributed by atoms with Gasteiger partial charge in [0.15, 0.2) is 0 Å². The van der Waals surface area contributed by atoms with Gasteiger partial charge in [-0.25, -0.2) is 4.79 Å². The van der Waals surface area contributed by atoms with Gasteiger partial charge in [-0.2, -0.15) is 11.8 Å². The molecule has 0 unspecified atom stereocenters. The minimum absolute atomic E-state index is 0.246. The van der Waals surface area contributed by atoms with Crippen molar-refractivity contribution >= 4 is 35.5 Å². The van der Waals surface area contributed by atoms with Crippen LogP contribution in [-0.4, -0.2) is 51.6 Å². The molecule has 0 aliphatic carbocycles. The predicted octanol–water partition coefficient (Wildman–Crippen LogP) is 0.965. The quantitative estimate of drug-likeness (QED) is 0.810. The van der Waals surface area contributed by atoms with Gasteiger partial charge in [-0.1, -0.05) is 11.8 Å². The van der Waals surface area contributed by atoms with E-state index in [9.17, 15) is 9.59 Å². The van der Waals surface area contributed by atoms with Gasteiger partial charge >= 0.3 is 6.03 Å². The van der Waals surface area contributed by atoms with Gasteiger partial charge in [-0.05, 0) is 13.2 Å². The van der Waals surface area contributed by atoms with Crippen LogP contribution in [0, 0.1) is 0 Å². The number of thioether (sulfide) groups is 2. The maximum atomic E-state index is 12.0. The zero-order valence-corrected chi connectivity index (χ0v) is 12.2. The van der Waals surface area contributed by atoms with E-state index < -0.39 is 5.25 Å². The average Bonchev–Trinajstić information content (AvgIpc) is 2.98. The maximum absolute atomic E-state index is 12.0. The number of urea groups is 1. The molecule has 7 nitrogen and oxygen atoms in total. The van der Waals surface area contributed by atoms with E-state index in [4.69, 9.17) is 4.42 Å². The van der Waals surface area contributed by atoms with Crippen LogP contribution in [0.5, 0.6) is 0 Å². The second-order valence-corrected chi connectivity index (χ2v) is 6.03. The van der Waals surface area contributed by atoms with Crippen molar-refractivity contribution in [3.05, 3.63) is 5.89 Å². The largest absolute Gasteiger partial charge is 0.415 e. The van der Waals surface area contributed by atoms with Gasteiger partial charge in [0.25, 0.3) is 5.22 Å². The van der Waals surface area contributed by atoms with Gasteiger partial charge < -0.3 is 9.73 Å². The first kappa shape index (κ1) is 14.2. The summed E-state index contributed by atoms with van der Waals surface area (Å²) in [7, 11) is 0. The molecule has 1 aliphatic rings. The highest BCUT2D eigenvalue weighted by molar-refractivity contribution is 8.00. The van der Waals surface area contributed by atoms with Crippen LogP contribution in [0.4, 0.5) is 4.79 Å². The SMILES string of the molecule is CSCc1nnc(S[C@H](C)C(=O)N2CCNC2=O)o1. The maximum Gasteiger partial charge on any atom is 0.324 e. The average molecular weight is 302 g/mol. The van der Waals surface area contributed by atoms with Crippen LogP contribution in [0.3, 0.4) is 0 Å². The molecule has 1 aliphatic heterocycles. The molecule has 1 N–H and O–H groups in total. The van der Waals surface area contributed by atoms with Crippen molar-refractivity contribution in [3.63, 3.8) is 0 Å². The molecule has 19 heavy (non-hydrogen) atoms. The summed E-state index contributed by atoms with van der Waals surface area (Å²) in [6.45, 7) is 2.63. The first-order valence-electron chi connectivity index (χ1n) is 5.69. The van der Waals surface area contributed by atoms with Gasteiger partial charge in [0.2, 0.25) is 11.8 Å². The summed E-state index contributed by atoms with van der Waals surface area (Å²) in [5.74, 6) is 0.933. The van der Waals surface area contributed by atoms with Crippen LogP contribution in [0.1, 0.15) is 12.8 Å². The second kappa shape index (κ2) is 6.29. The Balaban J connectivity index is 1.94. The zero-order chi connectivity index (χ0) is 13.8. The van der Waals surface area contributed by atoms with Gasteiger partial charge in [0.05, 0.1) is 11.0 Å². The summed E-state index contributed by atoms with van der Waals surface area (Å²) in [5.41, 5.74) is 0. The van der Waals surface area contributed by atoms with Crippen LogP contribution < -0.4 is 5.32 Å². The number of carbonyl (C=O) groups excluding carboxylic acids is 2. The van der Waals surface area contributed by atoms with E-state index >= 15 is 0 Å². The molecule has 9 heteroatoms. The van der Waals surface area contributed by atoms with Crippen molar-refractivity contribution in [1.29, 1.82) is 0 Å². The van der Waals surface area contributed by atoms with Gasteiger partial charge in [0.1, 0.15) is 0 Å². The molecule has 1 atom stereocenters. The summed E-state index contributed by atoms with van der Waals surface area (Å²) in [6.07, 6.45) is 1.94. The number of amides is 3. The molecule has 0 radical (unpaired) electrons. The van der Waals surface area contributed by atoms with E-state index in [1.54, 1.807) is 18.7 Å². The summed E-state index contributed by atoms with van der Waals surface area (Å²) in [5, 5.41) is 10.2. The van der Waals surface area contributed by atoms with Crippen LogP contribution in [-0.2, 0) is 10.5 Å². The highest BCUT2D eigenvalue weighted by Gasteiger charge is 2.31. The number of rotatable bonds is 5. The Morgan fingerprint density at radius 1 is 1.58 bits per heavy atom. The fourth-order valence-corrected chi connectivity index (χ4v) is 2.70. The Kier molecular flexibility index (Phi) is 4.70. The van der Waals surface area contributed by atoms with Crippen LogP contribution >= 0.6 is 23.5 Å². The van der Waals surface area contributed by atoms with Crippen LogP contribution in [0.15, 0.2) is 9.64 Å². The van der Waals surface area contributed by atoms with E-state index in [0.717, 1.165) is 0 Å². The molecular weight excluding hydrogens is 288 g/mol. The second-order valence-electron chi connectivity index (χ2n) is 3.88. The van der Waals surface area contributed by atoms with Gasteiger partial charge in [-0.3, -0.25) is 9.69 Å². The lowest BCUT2D eigenvalue weighted by Crippen LogP contribution is -2.38. The minimum atomic E-state index is -0.438. The fraction of sp³-hybridized carbons (Fsp3) is 0.600. The lowest BCUT2D eigenvalue weighted by molar-refractivity contribution is -0.126. The number of aromatic nitrogens is 2. The molecule has 1 saturated heterocycles. The van der Waals surface area contributed by atoms with Crippen molar-refractivity contribution in [1.82, 2.24) is 20.4 Å². The molecule has 0 spiro atoms. The van der Waals surface area contributed by atoms with Crippen LogP contribution in [0.25, 0.3) is 0 Å². The van der Waals surface area contributed by atoms with Crippen molar-refractivity contribution in [2.75, 3.05) is 19.3 Å². The standard InChI is InChI=1S/C10H14N4O3S2/c1-6(8(15)14-4-3-11-9(14)16)19-10-13-12-7(17-10)5-18-2/h6H,3-5H2,1-2H3,(H,11,16)/t6-/m1/s1. The van der Waals surface area contributed by atoms with E-state index in [-0.39, 0.29) is 11.9 Å². The highest BCUT2D eigenvalue weighted by atomic mass is 32.2. The van der Waals surface area contributed by atoms with Crippen molar-refractivity contribution in [2.24, 2.45) is 0 Å². The first-order chi connectivity index (χ1) is 9.11. The molecule has 0 aromatic carbocycles. The number of hydrogen-bond donors (Lipinski definition) is 1. The number of imide groups is 1. The predicted molar refractivity (Wildman–Crippen MR) is 71.9 cm³/mol. The third-order valence-electron chi connectivity index (χ3n) is 2.46. The number of nitrogens with one attached hydrogen (secondary N) is 1. The summed E-state index contributed by atoms with van der Waals surface area (Å²) < 4.78 is 5.38. The summed E-state index contributed by atoms with van der Waals surface area (Å²) >= 11 is 2.75. The Hall–Kier alpha value is -1.22. The number of hydrogen-bond acceptors (Lipinski definition) is 7. The monoisotopic (exact) mass is 302 g/mol. The Labute approximate surface area is 118 Å². The molecule has 3 amide bonds. The Bertz CT molecular complexity index is 479. The van der Waals surface area contributed by atoms with E-state index in [2.05, 4.69) is 15.5 Å². The van der Waals surface area contributed by atoms with Gasteiger partial charge in [0, 0.05) is 13.1 Å². The Morgan fingerprint density at radius 2 is 2.37 bits per heavy atom. The summed E-state index contributed by atoms with van der Waals surface area (Å²) in [6, 6.07) is -0.342. The zero-order valence-electron chi connectivity index (χ0n) is 10.6. The topological polar surface area (TPSA) is 88.3 Å². The fourth-order valence-electron chi connectivity index (χ4n) is 1.57. The molecular formula is C10H14N4O3S2. The minimum Gasteiger partial charge on any atom is -0.415 e.